The van der Waals surface area contributed by atoms with E-state index in [9.17, 15) is 9.18 Å². The fourth-order valence-corrected chi connectivity index (χ4v) is 5.10. The van der Waals surface area contributed by atoms with Crippen molar-refractivity contribution in [1.29, 1.82) is 0 Å². The predicted molar refractivity (Wildman–Crippen MR) is 108 cm³/mol. The molecule has 0 radical (unpaired) electrons. The smallest absolute Gasteiger partial charge is 0.407 e. The van der Waals surface area contributed by atoms with Crippen LogP contribution in [0, 0.1) is 11.7 Å². The third-order valence-electron chi connectivity index (χ3n) is 6.69. The topological polar surface area (TPSA) is 54.5 Å². The summed E-state index contributed by atoms with van der Waals surface area (Å²) >= 11 is 0. The summed E-state index contributed by atoms with van der Waals surface area (Å²) in [5.41, 5.74) is 3.68. The number of carbonyl (C=O) groups excluding carboxylic acids is 1. The molecule has 2 aromatic rings. The van der Waals surface area contributed by atoms with Gasteiger partial charge in [0.05, 0.1) is 12.2 Å². The maximum absolute atomic E-state index is 14.1. The van der Waals surface area contributed by atoms with E-state index in [4.69, 9.17) is 4.74 Å². The molecule has 1 amide bonds. The highest BCUT2D eigenvalue weighted by molar-refractivity contribution is 5.69. The number of rotatable bonds is 3. The average Bonchev–Trinajstić information content (AvgIpc) is 2.75. The predicted octanol–water partition coefficient (Wildman–Crippen LogP) is 4.09. The Balaban J connectivity index is 1.29. The summed E-state index contributed by atoms with van der Waals surface area (Å²) in [6.07, 6.45) is 7.60. The van der Waals surface area contributed by atoms with Crippen LogP contribution in [-0.4, -0.2) is 41.7 Å². The van der Waals surface area contributed by atoms with Crippen molar-refractivity contribution in [3.8, 4) is 11.1 Å². The van der Waals surface area contributed by atoms with Gasteiger partial charge in [-0.05, 0) is 73.9 Å². The highest BCUT2D eigenvalue weighted by atomic mass is 19.1. The molecule has 3 fully saturated rings. The number of pyridine rings is 1. The summed E-state index contributed by atoms with van der Waals surface area (Å²) in [5.74, 6) is 0.182. The SMILES string of the molecule is O=C(NC1CCCc2cc(-c3ccncc3F)ccc21)O[C@H]1CN2CCC1CC2. The molecule has 2 atom stereocenters. The number of carbonyl (C=O) groups is 1. The minimum Gasteiger partial charge on any atom is -0.445 e. The molecule has 4 aliphatic rings. The lowest BCUT2D eigenvalue weighted by Crippen LogP contribution is -2.52. The number of aromatic nitrogens is 1. The molecule has 152 valence electrons. The van der Waals surface area contributed by atoms with Crippen molar-refractivity contribution in [3.05, 3.63) is 53.6 Å². The van der Waals surface area contributed by atoms with Crippen LogP contribution in [-0.2, 0) is 11.2 Å². The van der Waals surface area contributed by atoms with Crippen molar-refractivity contribution in [3.63, 3.8) is 0 Å². The van der Waals surface area contributed by atoms with Crippen LogP contribution < -0.4 is 5.32 Å². The maximum Gasteiger partial charge on any atom is 0.407 e. The van der Waals surface area contributed by atoms with Gasteiger partial charge in [0, 0.05) is 18.3 Å². The minimum absolute atomic E-state index is 0.0117. The molecule has 0 saturated carbocycles. The fraction of sp³-hybridized carbons (Fsp3) is 0.478. The van der Waals surface area contributed by atoms with Crippen molar-refractivity contribution in [2.24, 2.45) is 5.92 Å². The molecule has 1 aromatic heterocycles. The number of hydrogen-bond acceptors (Lipinski definition) is 4. The second-order valence-corrected chi connectivity index (χ2v) is 8.44. The van der Waals surface area contributed by atoms with Gasteiger partial charge in [-0.1, -0.05) is 18.2 Å². The zero-order valence-electron chi connectivity index (χ0n) is 16.4. The van der Waals surface area contributed by atoms with Crippen molar-refractivity contribution in [2.45, 2.75) is 44.2 Å². The Kier molecular flexibility index (Phi) is 4.96. The van der Waals surface area contributed by atoms with E-state index >= 15 is 0 Å². The Morgan fingerprint density at radius 3 is 2.83 bits per heavy atom. The van der Waals surface area contributed by atoms with Crippen molar-refractivity contribution >= 4 is 6.09 Å². The Labute approximate surface area is 170 Å². The normalized spacial score (nSPS) is 27.9. The van der Waals surface area contributed by atoms with Crippen molar-refractivity contribution < 1.29 is 13.9 Å². The van der Waals surface area contributed by atoms with Gasteiger partial charge in [-0.2, -0.15) is 0 Å². The molecule has 3 aliphatic heterocycles. The van der Waals surface area contributed by atoms with Crippen LogP contribution in [0.15, 0.2) is 36.7 Å². The van der Waals surface area contributed by atoms with Gasteiger partial charge >= 0.3 is 6.09 Å². The first-order chi connectivity index (χ1) is 14.2. The summed E-state index contributed by atoms with van der Waals surface area (Å²) < 4.78 is 19.9. The monoisotopic (exact) mass is 395 g/mol. The summed E-state index contributed by atoms with van der Waals surface area (Å²) in [6, 6.07) is 7.63. The maximum atomic E-state index is 14.1. The molecule has 4 heterocycles. The van der Waals surface area contributed by atoms with Crippen LogP contribution in [0.25, 0.3) is 11.1 Å². The van der Waals surface area contributed by atoms with Gasteiger partial charge in [0.1, 0.15) is 11.9 Å². The molecule has 1 aliphatic carbocycles. The van der Waals surface area contributed by atoms with Crippen LogP contribution in [0.4, 0.5) is 9.18 Å². The van der Waals surface area contributed by atoms with E-state index in [1.54, 1.807) is 12.3 Å². The van der Waals surface area contributed by atoms with E-state index in [2.05, 4.69) is 15.2 Å². The molecule has 3 saturated heterocycles. The van der Waals surface area contributed by atoms with Crippen molar-refractivity contribution in [1.82, 2.24) is 15.2 Å². The lowest BCUT2D eigenvalue weighted by atomic mass is 9.85. The minimum atomic E-state index is -0.320. The third kappa shape index (κ3) is 3.73. The van der Waals surface area contributed by atoms with Crippen molar-refractivity contribution in [2.75, 3.05) is 19.6 Å². The zero-order valence-corrected chi connectivity index (χ0v) is 16.4. The molecule has 1 N–H and O–H groups in total. The van der Waals surface area contributed by atoms with Crippen LogP contribution in [0.2, 0.25) is 0 Å². The van der Waals surface area contributed by atoms with E-state index in [0.29, 0.717) is 11.5 Å². The number of alkyl carbamates (subject to hydrolysis) is 1. The summed E-state index contributed by atoms with van der Waals surface area (Å²) in [7, 11) is 0. The molecule has 0 spiro atoms. The second kappa shape index (κ2) is 7.75. The first-order valence-corrected chi connectivity index (χ1v) is 10.6. The highest BCUT2D eigenvalue weighted by Gasteiger charge is 2.37. The number of hydrogen-bond donors (Lipinski definition) is 1. The largest absolute Gasteiger partial charge is 0.445 e. The molecule has 5 nitrogen and oxygen atoms in total. The molecular weight excluding hydrogens is 369 g/mol. The number of piperidine rings is 3. The van der Waals surface area contributed by atoms with Gasteiger partial charge < -0.3 is 10.1 Å². The number of halogens is 1. The lowest BCUT2D eigenvalue weighted by Gasteiger charge is -2.44. The average molecular weight is 395 g/mol. The van der Waals surface area contributed by atoms with Gasteiger partial charge in [0.15, 0.2) is 0 Å². The number of nitrogens with zero attached hydrogens (tertiary/aromatic N) is 2. The number of fused-ring (bicyclic) bond motifs is 4. The van der Waals surface area contributed by atoms with Crippen LogP contribution >= 0.6 is 0 Å². The number of ether oxygens (including phenoxy) is 1. The Morgan fingerprint density at radius 2 is 2.07 bits per heavy atom. The van der Waals surface area contributed by atoms with E-state index < -0.39 is 0 Å². The Morgan fingerprint density at radius 1 is 1.21 bits per heavy atom. The number of aryl methyl sites for hydroxylation is 1. The van der Waals surface area contributed by atoms with Crippen LogP contribution in [0.5, 0.6) is 0 Å². The Bertz CT molecular complexity index is 911. The van der Waals surface area contributed by atoms with Crippen LogP contribution in [0.1, 0.15) is 42.9 Å². The number of nitrogens with one attached hydrogen (secondary N) is 1. The summed E-state index contributed by atoms with van der Waals surface area (Å²) in [6.45, 7) is 3.12. The number of amides is 1. The van der Waals surface area contributed by atoms with E-state index in [1.165, 1.54) is 6.20 Å². The molecule has 29 heavy (non-hydrogen) atoms. The summed E-state index contributed by atoms with van der Waals surface area (Å²) in [5, 5.41) is 3.09. The summed E-state index contributed by atoms with van der Waals surface area (Å²) in [4.78, 5) is 18.8. The third-order valence-corrected chi connectivity index (χ3v) is 6.69. The molecular formula is C23H26FN3O2. The lowest BCUT2D eigenvalue weighted by molar-refractivity contribution is -0.0340. The molecule has 1 aromatic carbocycles. The molecule has 6 rings (SSSR count). The highest BCUT2D eigenvalue weighted by Crippen LogP contribution is 2.34. The fourth-order valence-electron chi connectivity index (χ4n) is 5.10. The Hall–Kier alpha value is -2.47. The first-order valence-electron chi connectivity index (χ1n) is 10.6. The first kappa shape index (κ1) is 18.6. The quantitative estimate of drug-likeness (QED) is 0.851. The number of benzene rings is 1. The van der Waals surface area contributed by atoms with Gasteiger partial charge in [0.25, 0.3) is 0 Å². The van der Waals surface area contributed by atoms with Gasteiger partial charge in [-0.15, -0.1) is 0 Å². The molecule has 6 heteroatoms. The molecule has 2 bridgehead atoms. The van der Waals surface area contributed by atoms with Gasteiger partial charge in [0.2, 0.25) is 0 Å². The molecule has 1 unspecified atom stereocenters. The van der Waals surface area contributed by atoms with E-state index in [-0.39, 0.29) is 24.1 Å². The zero-order chi connectivity index (χ0) is 19.8. The van der Waals surface area contributed by atoms with E-state index in [1.807, 2.05) is 18.2 Å². The van der Waals surface area contributed by atoms with Gasteiger partial charge in [-0.25, -0.2) is 9.18 Å². The standard InChI is InChI=1S/C23H26FN3O2/c24-20-13-25-9-6-18(20)17-4-5-19-16(12-17)2-1-3-21(19)26-23(28)29-22-14-27-10-7-15(22)8-11-27/h4-6,9,12-13,15,21-22H,1-3,7-8,10-11,14H2,(H,26,28)/t21?,22-/m0/s1. The van der Waals surface area contributed by atoms with Gasteiger partial charge in [-0.3, -0.25) is 9.88 Å². The van der Waals surface area contributed by atoms with E-state index in [0.717, 1.165) is 68.4 Å². The second-order valence-electron chi connectivity index (χ2n) is 8.44. The van der Waals surface area contributed by atoms with Crippen LogP contribution in [0.3, 0.4) is 0 Å².